The van der Waals surface area contributed by atoms with Crippen molar-refractivity contribution in [1.82, 2.24) is 9.97 Å². The van der Waals surface area contributed by atoms with Gasteiger partial charge in [0.2, 0.25) is 0 Å². The van der Waals surface area contributed by atoms with Gasteiger partial charge < -0.3 is 4.98 Å². The lowest BCUT2D eigenvalue weighted by Crippen LogP contribution is -2.05. The van der Waals surface area contributed by atoms with Crippen LogP contribution in [-0.4, -0.2) is 16.5 Å². The Morgan fingerprint density at radius 2 is 2.41 bits per heavy atom. The quantitative estimate of drug-likeness (QED) is 0.345. The summed E-state index contributed by atoms with van der Waals surface area (Å²) in [5, 5.41) is 3.82. The summed E-state index contributed by atoms with van der Waals surface area (Å²) in [6.45, 7) is 0.122. The molecule has 0 aliphatic carbocycles. The number of azide groups is 1. The molecule has 17 heavy (non-hydrogen) atoms. The van der Waals surface area contributed by atoms with Crippen LogP contribution in [0.15, 0.2) is 34.4 Å². The van der Waals surface area contributed by atoms with Crippen LogP contribution in [0.2, 0.25) is 0 Å². The van der Waals surface area contributed by atoms with Crippen molar-refractivity contribution in [2.75, 3.05) is 6.54 Å². The van der Waals surface area contributed by atoms with Crippen LogP contribution in [-0.2, 0) is 0 Å². The lowest BCUT2D eigenvalue weighted by molar-refractivity contribution is 1.17. The summed E-state index contributed by atoms with van der Waals surface area (Å²) in [6.07, 6.45) is 1.35. The number of benzene rings is 1. The summed E-state index contributed by atoms with van der Waals surface area (Å²) in [6, 6.07) is 5.11. The second-order valence-corrected chi connectivity index (χ2v) is 3.15. The van der Waals surface area contributed by atoms with Crippen molar-refractivity contribution < 1.29 is 0 Å². The zero-order valence-electron chi connectivity index (χ0n) is 8.71. The number of nitrogens with one attached hydrogen (secondary N) is 1. The van der Waals surface area contributed by atoms with Crippen molar-refractivity contribution in [3.63, 3.8) is 0 Å². The smallest absolute Gasteiger partial charge is 0.258 e. The number of hydrogen-bond acceptors (Lipinski definition) is 3. The minimum atomic E-state index is -0.177. The molecule has 1 aromatic heterocycles. The monoisotopic (exact) mass is 225 g/mol. The first-order valence-electron chi connectivity index (χ1n) is 4.78. The average Bonchev–Trinajstić information content (AvgIpc) is 2.35. The van der Waals surface area contributed by atoms with Gasteiger partial charge in [-0.15, -0.1) is 0 Å². The first-order valence-corrected chi connectivity index (χ1v) is 4.78. The largest absolute Gasteiger partial charge is 0.313 e. The molecule has 6 nitrogen and oxygen atoms in total. The van der Waals surface area contributed by atoms with E-state index in [9.17, 15) is 4.79 Å². The van der Waals surface area contributed by atoms with Crippen LogP contribution >= 0.6 is 0 Å². The van der Waals surface area contributed by atoms with Gasteiger partial charge in [0.1, 0.15) is 0 Å². The first kappa shape index (κ1) is 10.7. The van der Waals surface area contributed by atoms with E-state index in [0.29, 0.717) is 10.9 Å². The van der Waals surface area contributed by atoms with Crippen LogP contribution in [0.25, 0.3) is 21.3 Å². The van der Waals surface area contributed by atoms with Gasteiger partial charge in [0.15, 0.2) is 0 Å². The SMILES string of the molecule is [N-]=[N+]=NCC#Cc1ccc2c(=O)[nH]cnc2c1. The maximum Gasteiger partial charge on any atom is 0.258 e. The van der Waals surface area contributed by atoms with E-state index in [0.717, 1.165) is 5.56 Å². The fraction of sp³-hybridized carbons (Fsp3) is 0.0909. The number of fused-ring (bicyclic) bond motifs is 1. The summed E-state index contributed by atoms with van der Waals surface area (Å²) >= 11 is 0. The van der Waals surface area contributed by atoms with Gasteiger partial charge in [-0.2, -0.15) is 0 Å². The summed E-state index contributed by atoms with van der Waals surface area (Å²) < 4.78 is 0. The second kappa shape index (κ2) is 4.84. The Morgan fingerprint density at radius 1 is 1.53 bits per heavy atom. The molecule has 0 radical (unpaired) electrons. The van der Waals surface area contributed by atoms with E-state index in [1.165, 1.54) is 6.33 Å². The third-order valence-electron chi connectivity index (χ3n) is 2.09. The van der Waals surface area contributed by atoms with Gasteiger partial charge in [0, 0.05) is 10.5 Å². The van der Waals surface area contributed by atoms with E-state index in [-0.39, 0.29) is 12.1 Å². The molecule has 0 saturated heterocycles. The maximum absolute atomic E-state index is 11.4. The Kier molecular flexibility index (Phi) is 3.05. The number of H-pyrrole nitrogens is 1. The summed E-state index contributed by atoms with van der Waals surface area (Å²) in [4.78, 5) is 20.5. The van der Waals surface area contributed by atoms with Crippen molar-refractivity contribution in [2.24, 2.45) is 5.11 Å². The molecule has 0 saturated carbocycles. The molecule has 1 aromatic carbocycles. The van der Waals surface area contributed by atoms with Gasteiger partial charge in [-0.25, -0.2) is 4.98 Å². The molecule has 0 fully saturated rings. The highest BCUT2D eigenvalue weighted by molar-refractivity contribution is 5.78. The Morgan fingerprint density at radius 3 is 3.24 bits per heavy atom. The fourth-order valence-electron chi connectivity index (χ4n) is 1.35. The van der Waals surface area contributed by atoms with E-state index in [2.05, 4.69) is 31.8 Å². The van der Waals surface area contributed by atoms with Crippen LogP contribution in [0.4, 0.5) is 0 Å². The normalized spacial score (nSPS) is 9.18. The molecule has 6 heteroatoms. The fourth-order valence-corrected chi connectivity index (χ4v) is 1.35. The highest BCUT2D eigenvalue weighted by Crippen LogP contribution is 2.08. The van der Waals surface area contributed by atoms with Crippen LogP contribution in [0, 0.1) is 11.8 Å². The van der Waals surface area contributed by atoms with Crippen LogP contribution < -0.4 is 5.56 Å². The number of hydrogen-bond donors (Lipinski definition) is 1. The standard InChI is InChI=1S/C11H7N5O/c12-16-15-5-1-2-8-3-4-9-10(6-8)13-7-14-11(9)17/h3-4,6-7H,5H2,(H,13,14,17). The molecule has 0 aliphatic heterocycles. The molecule has 1 heterocycles. The summed E-state index contributed by atoms with van der Waals surface area (Å²) in [5.41, 5.74) is 9.21. The van der Waals surface area contributed by atoms with Crippen LogP contribution in [0.5, 0.6) is 0 Å². The maximum atomic E-state index is 11.4. The van der Waals surface area contributed by atoms with Crippen molar-refractivity contribution in [3.05, 3.63) is 50.9 Å². The molecule has 0 unspecified atom stereocenters. The van der Waals surface area contributed by atoms with E-state index >= 15 is 0 Å². The highest BCUT2D eigenvalue weighted by atomic mass is 16.1. The van der Waals surface area contributed by atoms with Gasteiger partial charge in [0.25, 0.3) is 5.56 Å². The average molecular weight is 225 g/mol. The van der Waals surface area contributed by atoms with Gasteiger partial charge in [-0.05, 0) is 23.7 Å². The molecular weight excluding hydrogens is 218 g/mol. The third kappa shape index (κ3) is 2.43. The zero-order valence-corrected chi connectivity index (χ0v) is 8.71. The van der Waals surface area contributed by atoms with Crippen molar-refractivity contribution >= 4 is 10.9 Å². The Hall–Kier alpha value is -2.77. The van der Waals surface area contributed by atoms with Crippen molar-refractivity contribution in [2.45, 2.75) is 0 Å². The third-order valence-corrected chi connectivity index (χ3v) is 2.09. The number of aromatic amines is 1. The van der Waals surface area contributed by atoms with Crippen LogP contribution in [0.1, 0.15) is 5.56 Å². The molecule has 0 bridgehead atoms. The molecule has 0 atom stereocenters. The zero-order chi connectivity index (χ0) is 12.1. The predicted octanol–water partition coefficient (Wildman–Crippen LogP) is 1.58. The summed E-state index contributed by atoms with van der Waals surface area (Å²) in [5.74, 6) is 5.52. The molecule has 0 spiro atoms. The Balaban J connectivity index is 2.41. The molecule has 2 aromatic rings. The Bertz CT molecular complexity index is 716. The minimum Gasteiger partial charge on any atom is -0.313 e. The number of aromatic nitrogens is 2. The van der Waals surface area contributed by atoms with E-state index < -0.39 is 0 Å². The molecule has 0 amide bonds. The highest BCUT2D eigenvalue weighted by Gasteiger charge is 1.98. The second-order valence-electron chi connectivity index (χ2n) is 3.15. The number of nitrogens with zero attached hydrogens (tertiary/aromatic N) is 4. The molecular formula is C11H7N5O. The van der Waals surface area contributed by atoms with Gasteiger partial charge in [-0.3, -0.25) is 4.79 Å². The van der Waals surface area contributed by atoms with E-state index in [1.54, 1.807) is 18.2 Å². The van der Waals surface area contributed by atoms with Gasteiger partial charge in [0.05, 0.1) is 23.8 Å². The first-order chi connectivity index (χ1) is 8.31. The van der Waals surface area contributed by atoms with E-state index in [4.69, 9.17) is 5.53 Å². The lowest BCUT2D eigenvalue weighted by Gasteiger charge is -1.95. The van der Waals surface area contributed by atoms with Crippen LogP contribution in [0.3, 0.4) is 0 Å². The van der Waals surface area contributed by atoms with E-state index in [1.807, 2.05) is 0 Å². The predicted molar refractivity (Wildman–Crippen MR) is 63.3 cm³/mol. The summed E-state index contributed by atoms with van der Waals surface area (Å²) in [7, 11) is 0. The van der Waals surface area contributed by atoms with Gasteiger partial charge in [-0.1, -0.05) is 17.0 Å². The van der Waals surface area contributed by atoms with Crippen molar-refractivity contribution in [1.29, 1.82) is 0 Å². The van der Waals surface area contributed by atoms with Gasteiger partial charge >= 0.3 is 0 Å². The molecule has 0 aliphatic rings. The molecule has 1 N–H and O–H groups in total. The lowest BCUT2D eigenvalue weighted by atomic mass is 10.1. The molecule has 2 rings (SSSR count). The number of rotatable bonds is 1. The topological polar surface area (TPSA) is 94.5 Å². The minimum absolute atomic E-state index is 0.122. The molecule has 82 valence electrons. The Labute approximate surface area is 95.9 Å². The van der Waals surface area contributed by atoms with Crippen molar-refractivity contribution in [3.8, 4) is 11.8 Å².